The van der Waals surface area contributed by atoms with Gasteiger partial charge in [0.2, 0.25) is 0 Å². The van der Waals surface area contributed by atoms with Crippen LogP contribution in [0.1, 0.15) is 11.1 Å². The van der Waals surface area contributed by atoms with Gasteiger partial charge in [-0.1, -0.05) is 72.8 Å². The first kappa shape index (κ1) is 13.8. The van der Waals surface area contributed by atoms with Crippen molar-refractivity contribution in [3.8, 4) is 0 Å². The monoisotopic (exact) mass is 335 g/mol. The van der Waals surface area contributed by atoms with E-state index >= 15 is 0 Å². The standard InChI is InChI=1S/C17H15N.Ru/c1-3-9-15(10-4-1)17(13-7-8-14-18-17)16-11-5-2-6-12-16;/h1-14,18H;. The molecule has 2 heteroatoms. The summed E-state index contributed by atoms with van der Waals surface area (Å²) in [6.45, 7) is 0. The summed E-state index contributed by atoms with van der Waals surface area (Å²) in [5.41, 5.74) is 2.24. The molecule has 3 rings (SSSR count). The molecule has 0 fully saturated rings. The van der Waals surface area contributed by atoms with Gasteiger partial charge >= 0.3 is 0 Å². The minimum atomic E-state index is -0.253. The van der Waals surface area contributed by atoms with Crippen LogP contribution in [0.5, 0.6) is 0 Å². The van der Waals surface area contributed by atoms with Crippen molar-refractivity contribution in [2.24, 2.45) is 0 Å². The summed E-state index contributed by atoms with van der Waals surface area (Å²) in [5, 5.41) is 3.50. The molecule has 1 heterocycles. The molecule has 0 radical (unpaired) electrons. The van der Waals surface area contributed by atoms with Gasteiger partial charge in [-0.25, -0.2) is 0 Å². The number of nitrogens with one attached hydrogen (secondary N) is 1. The third kappa shape index (κ3) is 2.55. The molecular weight excluding hydrogens is 319 g/mol. The van der Waals surface area contributed by atoms with E-state index in [0.29, 0.717) is 0 Å². The van der Waals surface area contributed by atoms with E-state index in [1.54, 1.807) is 0 Å². The van der Waals surface area contributed by atoms with Gasteiger partial charge in [-0.2, -0.15) is 0 Å². The van der Waals surface area contributed by atoms with Gasteiger partial charge in [0.15, 0.2) is 0 Å². The van der Waals surface area contributed by atoms with E-state index in [9.17, 15) is 0 Å². The van der Waals surface area contributed by atoms with E-state index < -0.39 is 0 Å². The SMILES string of the molecule is C1=CNC(c2ccccc2)(c2ccccc2)C=C1.[Ru]. The van der Waals surface area contributed by atoms with Crippen LogP contribution in [0.2, 0.25) is 0 Å². The molecule has 96 valence electrons. The van der Waals surface area contributed by atoms with Crippen LogP contribution in [0.3, 0.4) is 0 Å². The first-order chi connectivity index (χ1) is 8.92. The van der Waals surface area contributed by atoms with Gasteiger partial charge in [-0.15, -0.1) is 0 Å². The zero-order valence-corrected chi connectivity index (χ0v) is 12.2. The van der Waals surface area contributed by atoms with Crippen molar-refractivity contribution >= 4 is 0 Å². The van der Waals surface area contributed by atoms with Crippen LogP contribution in [0, 0.1) is 0 Å². The number of benzene rings is 2. The average Bonchev–Trinajstić information content (AvgIpc) is 2.50. The van der Waals surface area contributed by atoms with Crippen molar-refractivity contribution in [1.82, 2.24) is 5.32 Å². The van der Waals surface area contributed by atoms with Crippen molar-refractivity contribution < 1.29 is 19.5 Å². The topological polar surface area (TPSA) is 12.0 Å². The van der Waals surface area contributed by atoms with Crippen molar-refractivity contribution in [2.75, 3.05) is 0 Å². The Morgan fingerprint density at radius 1 is 0.684 bits per heavy atom. The third-order valence-electron chi connectivity index (χ3n) is 3.32. The van der Waals surface area contributed by atoms with Gasteiger partial charge in [0, 0.05) is 19.5 Å². The van der Waals surface area contributed by atoms with Crippen molar-refractivity contribution in [3.63, 3.8) is 0 Å². The number of dihydropyridines is 1. The zero-order valence-electron chi connectivity index (χ0n) is 10.4. The van der Waals surface area contributed by atoms with Crippen LogP contribution in [-0.2, 0) is 25.0 Å². The van der Waals surface area contributed by atoms with Crippen LogP contribution >= 0.6 is 0 Å². The van der Waals surface area contributed by atoms with Gasteiger partial charge in [-0.05, 0) is 23.4 Å². The maximum atomic E-state index is 3.50. The van der Waals surface area contributed by atoms with E-state index in [1.165, 1.54) is 11.1 Å². The Morgan fingerprint density at radius 2 is 1.21 bits per heavy atom. The summed E-state index contributed by atoms with van der Waals surface area (Å²) < 4.78 is 0. The van der Waals surface area contributed by atoms with Crippen LogP contribution in [0.4, 0.5) is 0 Å². The normalized spacial score (nSPS) is 15.4. The van der Waals surface area contributed by atoms with Gasteiger partial charge < -0.3 is 5.32 Å². The van der Waals surface area contributed by atoms with Crippen LogP contribution in [0.15, 0.2) is 85.1 Å². The molecular formula is C17H15NRu. The Hall–Kier alpha value is -1.66. The quantitative estimate of drug-likeness (QED) is 0.828. The fourth-order valence-corrected chi connectivity index (χ4v) is 2.41. The predicted molar refractivity (Wildman–Crippen MR) is 75.1 cm³/mol. The second-order valence-corrected chi connectivity index (χ2v) is 4.40. The van der Waals surface area contributed by atoms with E-state index in [4.69, 9.17) is 0 Å². The first-order valence-electron chi connectivity index (χ1n) is 6.15. The molecule has 19 heavy (non-hydrogen) atoms. The molecule has 1 aliphatic heterocycles. The molecule has 0 atom stereocenters. The summed E-state index contributed by atoms with van der Waals surface area (Å²) in [7, 11) is 0. The summed E-state index contributed by atoms with van der Waals surface area (Å²) in [5.74, 6) is 0. The summed E-state index contributed by atoms with van der Waals surface area (Å²) in [6.07, 6.45) is 8.32. The zero-order chi connectivity index (χ0) is 12.3. The molecule has 0 amide bonds. The second kappa shape index (κ2) is 5.99. The second-order valence-electron chi connectivity index (χ2n) is 4.40. The van der Waals surface area contributed by atoms with Crippen LogP contribution in [0.25, 0.3) is 0 Å². The van der Waals surface area contributed by atoms with Gasteiger partial charge in [0.1, 0.15) is 5.54 Å². The Labute approximate surface area is 126 Å². The summed E-state index contributed by atoms with van der Waals surface area (Å²) >= 11 is 0. The maximum absolute atomic E-state index is 3.50. The van der Waals surface area contributed by atoms with E-state index in [0.717, 1.165) is 0 Å². The minimum Gasteiger partial charge on any atom is -0.374 e. The molecule has 0 aromatic heterocycles. The van der Waals surface area contributed by atoms with Crippen molar-refractivity contribution in [3.05, 3.63) is 96.2 Å². The molecule has 0 unspecified atom stereocenters. The summed E-state index contributed by atoms with van der Waals surface area (Å²) in [4.78, 5) is 0. The van der Waals surface area contributed by atoms with Crippen molar-refractivity contribution in [2.45, 2.75) is 5.54 Å². The van der Waals surface area contributed by atoms with Crippen LogP contribution in [-0.4, -0.2) is 0 Å². The largest absolute Gasteiger partial charge is 0.374 e. The molecule has 0 saturated carbocycles. The Morgan fingerprint density at radius 3 is 1.63 bits per heavy atom. The van der Waals surface area contributed by atoms with E-state index in [2.05, 4.69) is 66.0 Å². The maximum Gasteiger partial charge on any atom is 0.107 e. The van der Waals surface area contributed by atoms with E-state index in [1.807, 2.05) is 24.4 Å². The van der Waals surface area contributed by atoms with Gasteiger partial charge in [0.05, 0.1) is 0 Å². The van der Waals surface area contributed by atoms with Gasteiger partial charge in [-0.3, -0.25) is 0 Å². The molecule has 1 aliphatic rings. The fourth-order valence-electron chi connectivity index (χ4n) is 2.41. The summed E-state index contributed by atoms with van der Waals surface area (Å²) in [6, 6.07) is 21.0. The fraction of sp³-hybridized carbons (Fsp3) is 0.0588. The average molecular weight is 334 g/mol. The number of hydrogen-bond donors (Lipinski definition) is 1. The molecule has 0 bridgehead atoms. The molecule has 2 aromatic rings. The third-order valence-corrected chi connectivity index (χ3v) is 3.32. The molecule has 0 spiro atoms. The van der Waals surface area contributed by atoms with E-state index in [-0.39, 0.29) is 25.0 Å². The number of allylic oxidation sites excluding steroid dienone is 2. The van der Waals surface area contributed by atoms with Crippen molar-refractivity contribution in [1.29, 1.82) is 0 Å². The molecule has 1 N–H and O–H groups in total. The predicted octanol–water partition coefficient (Wildman–Crippen LogP) is 3.60. The Balaban J connectivity index is 0.00000133. The Bertz CT molecular complexity index is 533. The van der Waals surface area contributed by atoms with Crippen LogP contribution < -0.4 is 5.32 Å². The molecule has 1 nitrogen and oxygen atoms in total. The van der Waals surface area contributed by atoms with Gasteiger partial charge in [0.25, 0.3) is 0 Å². The molecule has 0 aliphatic carbocycles. The smallest absolute Gasteiger partial charge is 0.107 e. The Kier molecular flexibility index (Phi) is 4.34. The number of rotatable bonds is 2. The molecule has 0 saturated heterocycles. The minimum absolute atomic E-state index is 0. The molecule has 2 aromatic carbocycles. The number of hydrogen-bond acceptors (Lipinski definition) is 1. The first-order valence-corrected chi connectivity index (χ1v) is 6.15.